The summed E-state index contributed by atoms with van der Waals surface area (Å²) in [6.45, 7) is 1.81. The number of rotatable bonds is 1. The first-order valence-electron chi connectivity index (χ1n) is 6.05. The fraction of sp³-hybridized carbons (Fsp3) is 0.385. The number of piperidine rings is 1. The predicted molar refractivity (Wildman–Crippen MR) is 66.3 cm³/mol. The standard InChI is InChI=1S/C13H13N3O2/c14-8-9-1-2-12-11(7-9)16(13(17)18-12)10-3-5-15-6-4-10/h1-2,7,10,15H,3-6H2. The highest BCUT2D eigenvalue weighted by Crippen LogP contribution is 2.23. The van der Waals surface area contributed by atoms with Gasteiger partial charge in [-0.05, 0) is 44.1 Å². The molecule has 2 aromatic rings. The van der Waals surface area contributed by atoms with E-state index in [4.69, 9.17) is 9.68 Å². The van der Waals surface area contributed by atoms with Crippen LogP contribution in [0.15, 0.2) is 27.4 Å². The fourth-order valence-corrected chi connectivity index (χ4v) is 2.51. The monoisotopic (exact) mass is 243 g/mol. The SMILES string of the molecule is N#Cc1ccc2oc(=O)n(C3CCNCC3)c2c1. The van der Waals surface area contributed by atoms with Crippen LogP contribution in [-0.4, -0.2) is 17.7 Å². The van der Waals surface area contributed by atoms with Gasteiger partial charge >= 0.3 is 5.76 Å². The van der Waals surface area contributed by atoms with Gasteiger partial charge in [-0.15, -0.1) is 0 Å². The van der Waals surface area contributed by atoms with Crippen LogP contribution in [0.5, 0.6) is 0 Å². The molecule has 1 aromatic carbocycles. The summed E-state index contributed by atoms with van der Waals surface area (Å²) in [4.78, 5) is 11.9. The van der Waals surface area contributed by atoms with Gasteiger partial charge in [0.1, 0.15) is 0 Å². The largest absolute Gasteiger partial charge is 0.420 e. The molecule has 1 aliphatic rings. The first-order chi connectivity index (χ1) is 8.79. The van der Waals surface area contributed by atoms with Crippen LogP contribution < -0.4 is 11.1 Å². The Hall–Kier alpha value is -2.06. The topological polar surface area (TPSA) is 71.0 Å². The molecule has 0 bridgehead atoms. The average Bonchev–Trinajstić information content (AvgIpc) is 2.74. The molecule has 0 atom stereocenters. The molecule has 5 heteroatoms. The molecule has 0 radical (unpaired) electrons. The summed E-state index contributed by atoms with van der Waals surface area (Å²) in [6.07, 6.45) is 1.82. The van der Waals surface area contributed by atoms with Gasteiger partial charge in [0.05, 0.1) is 17.1 Å². The van der Waals surface area contributed by atoms with Gasteiger partial charge in [-0.3, -0.25) is 4.57 Å². The summed E-state index contributed by atoms with van der Waals surface area (Å²) in [6, 6.07) is 7.33. The minimum Gasteiger partial charge on any atom is -0.408 e. The number of nitrogens with zero attached hydrogens (tertiary/aromatic N) is 2. The lowest BCUT2D eigenvalue weighted by atomic mass is 10.1. The Balaban J connectivity index is 2.17. The van der Waals surface area contributed by atoms with Gasteiger partial charge in [0.15, 0.2) is 5.58 Å². The number of hydrogen-bond donors (Lipinski definition) is 1. The van der Waals surface area contributed by atoms with Crippen LogP contribution >= 0.6 is 0 Å². The second kappa shape index (κ2) is 4.31. The second-order valence-electron chi connectivity index (χ2n) is 4.51. The molecule has 0 saturated carbocycles. The highest BCUT2D eigenvalue weighted by atomic mass is 16.4. The van der Waals surface area contributed by atoms with Crippen LogP contribution in [0, 0.1) is 11.3 Å². The molecule has 3 rings (SSSR count). The third-order valence-electron chi connectivity index (χ3n) is 3.42. The summed E-state index contributed by atoms with van der Waals surface area (Å²) < 4.78 is 6.92. The van der Waals surface area contributed by atoms with Gasteiger partial charge in [-0.2, -0.15) is 5.26 Å². The van der Waals surface area contributed by atoms with Crippen molar-refractivity contribution < 1.29 is 4.42 Å². The maximum Gasteiger partial charge on any atom is 0.420 e. The van der Waals surface area contributed by atoms with Gasteiger partial charge in [0.2, 0.25) is 0 Å². The molecular formula is C13H13N3O2. The van der Waals surface area contributed by atoms with E-state index in [1.165, 1.54) is 0 Å². The highest BCUT2D eigenvalue weighted by Gasteiger charge is 2.20. The number of nitrogens with one attached hydrogen (secondary N) is 1. The second-order valence-corrected chi connectivity index (χ2v) is 4.51. The zero-order valence-corrected chi connectivity index (χ0v) is 9.85. The Bertz CT molecular complexity index is 672. The lowest BCUT2D eigenvalue weighted by molar-refractivity contribution is 0.349. The molecule has 0 amide bonds. The van der Waals surface area contributed by atoms with E-state index < -0.39 is 0 Å². The lowest BCUT2D eigenvalue weighted by Gasteiger charge is -2.23. The number of nitriles is 1. The van der Waals surface area contributed by atoms with Crippen molar-refractivity contribution in [3.8, 4) is 6.07 Å². The van der Waals surface area contributed by atoms with Crippen molar-refractivity contribution in [1.29, 1.82) is 5.26 Å². The van der Waals surface area contributed by atoms with Crippen molar-refractivity contribution in [2.24, 2.45) is 0 Å². The molecule has 1 aromatic heterocycles. The van der Waals surface area contributed by atoms with E-state index in [-0.39, 0.29) is 11.8 Å². The molecule has 1 saturated heterocycles. The van der Waals surface area contributed by atoms with Crippen molar-refractivity contribution in [3.63, 3.8) is 0 Å². The summed E-state index contributed by atoms with van der Waals surface area (Å²) in [5.41, 5.74) is 1.83. The van der Waals surface area contributed by atoms with Crippen LogP contribution in [-0.2, 0) is 0 Å². The third-order valence-corrected chi connectivity index (χ3v) is 3.42. The molecule has 92 valence electrons. The van der Waals surface area contributed by atoms with E-state index in [0.717, 1.165) is 31.4 Å². The normalized spacial score (nSPS) is 16.8. The highest BCUT2D eigenvalue weighted by molar-refractivity contribution is 5.75. The Kier molecular flexibility index (Phi) is 2.65. The Labute approximate surface area is 104 Å². The van der Waals surface area contributed by atoms with Crippen molar-refractivity contribution in [1.82, 2.24) is 9.88 Å². The quantitative estimate of drug-likeness (QED) is 0.821. The van der Waals surface area contributed by atoms with E-state index in [1.54, 1.807) is 22.8 Å². The minimum absolute atomic E-state index is 0.161. The first kappa shape index (κ1) is 11.1. The van der Waals surface area contributed by atoms with Crippen molar-refractivity contribution in [2.75, 3.05) is 13.1 Å². The molecule has 0 aliphatic carbocycles. The van der Waals surface area contributed by atoms with Gasteiger partial charge in [0, 0.05) is 6.04 Å². The Morgan fingerprint density at radius 1 is 1.39 bits per heavy atom. The van der Waals surface area contributed by atoms with Crippen molar-refractivity contribution in [3.05, 3.63) is 34.3 Å². The van der Waals surface area contributed by atoms with E-state index >= 15 is 0 Å². The summed E-state index contributed by atoms with van der Waals surface area (Å²) in [7, 11) is 0. The molecule has 1 aliphatic heterocycles. The van der Waals surface area contributed by atoms with Crippen molar-refractivity contribution in [2.45, 2.75) is 18.9 Å². The molecular weight excluding hydrogens is 230 g/mol. The summed E-state index contributed by atoms with van der Waals surface area (Å²) >= 11 is 0. The summed E-state index contributed by atoms with van der Waals surface area (Å²) in [5, 5.41) is 12.2. The number of hydrogen-bond acceptors (Lipinski definition) is 4. The van der Waals surface area contributed by atoms with E-state index in [9.17, 15) is 4.79 Å². The lowest BCUT2D eigenvalue weighted by Crippen LogP contribution is -2.32. The molecule has 1 fully saturated rings. The van der Waals surface area contributed by atoms with E-state index in [1.807, 2.05) is 0 Å². The first-order valence-corrected chi connectivity index (χ1v) is 6.05. The Morgan fingerprint density at radius 2 is 2.17 bits per heavy atom. The van der Waals surface area contributed by atoms with Crippen molar-refractivity contribution >= 4 is 11.1 Å². The van der Waals surface area contributed by atoms with Gasteiger partial charge < -0.3 is 9.73 Å². The fourth-order valence-electron chi connectivity index (χ4n) is 2.51. The molecule has 0 spiro atoms. The van der Waals surface area contributed by atoms with Crippen LogP contribution in [0.1, 0.15) is 24.4 Å². The number of benzene rings is 1. The van der Waals surface area contributed by atoms with Gasteiger partial charge in [-0.25, -0.2) is 4.79 Å². The maximum atomic E-state index is 11.9. The van der Waals surface area contributed by atoms with Crippen LogP contribution in [0.25, 0.3) is 11.1 Å². The minimum atomic E-state index is -0.327. The smallest absolute Gasteiger partial charge is 0.408 e. The number of aromatic nitrogens is 1. The average molecular weight is 243 g/mol. The molecule has 18 heavy (non-hydrogen) atoms. The van der Waals surface area contributed by atoms with Crippen LogP contribution in [0.3, 0.4) is 0 Å². The van der Waals surface area contributed by atoms with Crippen LogP contribution in [0.4, 0.5) is 0 Å². The van der Waals surface area contributed by atoms with Gasteiger partial charge in [-0.1, -0.05) is 0 Å². The Morgan fingerprint density at radius 3 is 2.89 bits per heavy atom. The molecule has 2 heterocycles. The molecule has 1 N–H and O–H groups in total. The predicted octanol–water partition coefficient (Wildman–Crippen LogP) is 1.39. The zero-order valence-electron chi connectivity index (χ0n) is 9.85. The molecule has 5 nitrogen and oxygen atoms in total. The number of fused-ring (bicyclic) bond motifs is 1. The maximum absolute atomic E-state index is 11.9. The van der Waals surface area contributed by atoms with E-state index in [2.05, 4.69) is 11.4 Å². The third kappa shape index (κ3) is 1.71. The zero-order chi connectivity index (χ0) is 12.5. The van der Waals surface area contributed by atoms with E-state index in [0.29, 0.717) is 11.1 Å². The number of oxazole rings is 1. The molecule has 0 unspecified atom stereocenters. The van der Waals surface area contributed by atoms with Gasteiger partial charge in [0.25, 0.3) is 0 Å². The van der Waals surface area contributed by atoms with Crippen LogP contribution in [0.2, 0.25) is 0 Å². The summed E-state index contributed by atoms with van der Waals surface area (Å²) in [5.74, 6) is -0.327.